The van der Waals surface area contributed by atoms with Crippen LogP contribution >= 0.6 is 0 Å². The minimum atomic E-state index is -0.848. The molecule has 0 aliphatic carbocycles. The second-order valence-electron chi connectivity index (χ2n) is 5.71. The van der Waals surface area contributed by atoms with Crippen molar-refractivity contribution in [1.82, 2.24) is 0 Å². The Labute approximate surface area is 155 Å². The molecule has 1 amide bonds. The van der Waals surface area contributed by atoms with Crippen molar-refractivity contribution >= 4 is 28.9 Å². The molecule has 0 aliphatic heterocycles. The highest BCUT2D eigenvalue weighted by molar-refractivity contribution is 5.96. The van der Waals surface area contributed by atoms with Gasteiger partial charge < -0.3 is 19.7 Å². The Morgan fingerprint density at radius 1 is 1.15 bits per heavy atom. The number of carbonyl (C=O) groups excluding carboxylic acids is 2. The van der Waals surface area contributed by atoms with Crippen LogP contribution in [0, 0.1) is 10.1 Å². The predicted octanol–water partition coefficient (Wildman–Crippen LogP) is 2.46. The SMILES string of the molecule is COc1ccc(C(=O)OCC(=O)Nc2ccc(N(C)C)cc2)cc1[N+](=O)[O-]. The summed E-state index contributed by atoms with van der Waals surface area (Å²) in [4.78, 5) is 36.2. The van der Waals surface area contributed by atoms with Gasteiger partial charge in [-0.2, -0.15) is 0 Å². The van der Waals surface area contributed by atoms with Gasteiger partial charge in [-0.05, 0) is 36.4 Å². The summed E-state index contributed by atoms with van der Waals surface area (Å²) < 4.78 is 9.78. The Balaban J connectivity index is 1.95. The monoisotopic (exact) mass is 373 g/mol. The molecular formula is C18H19N3O6. The molecule has 0 aliphatic rings. The molecule has 0 bridgehead atoms. The number of ether oxygens (including phenoxy) is 2. The van der Waals surface area contributed by atoms with Gasteiger partial charge in [0.1, 0.15) is 0 Å². The Hall–Kier alpha value is -3.62. The summed E-state index contributed by atoms with van der Waals surface area (Å²) >= 11 is 0. The van der Waals surface area contributed by atoms with Crippen molar-refractivity contribution in [2.45, 2.75) is 0 Å². The number of nitrogens with zero attached hydrogens (tertiary/aromatic N) is 2. The molecule has 0 fully saturated rings. The van der Waals surface area contributed by atoms with E-state index < -0.39 is 23.4 Å². The molecule has 2 rings (SSSR count). The maximum absolute atomic E-state index is 12.0. The molecule has 0 atom stereocenters. The van der Waals surface area contributed by atoms with Crippen molar-refractivity contribution in [3.8, 4) is 5.75 Å². The van der Waals surface area contributed by atoms with Gasteiger partial charge in [0.25, 0.3) is 5.91 Å². The van der Waals surface area contributed by atoms with E-state index in [1.165, 1.54) is 19.2 Å². The van der Waals surface area contributed by atoms with Crippen molar-refractivity contribution in [3.63, 3.8) is 0 Å². The molecular weight excluding hydrogens is 354 g/mol. The zero-order valence-electron chi connectivity index (χ0n) is 15.1. The van der Waals surface area contributed by atoms with Crippen LogP contribution < -0.4 is 15.0 Å². The van der Waals surface area contributed by atoms with E-state index in [0.29, 0.717) is 5.69 Å². The highest BCUT2D eigenvalue weighted by atomic mass is 16.6. The Morgan fingerprint density at radius 2 is 1.81 bits per heavy atom. The third-order valence-electron chi connectivity index (χ3n) is 3.61. The number of carbonyl (C=O) groups is 2. The minimum Gasteiger partial charge on any atom is -0.490 e. The molecule has 0 spiro atoms. The summed E-state index contributed by atoms with van der Waals surface area (Å²) in [6, 6.07) is 10.8. The first-order valence-corrected chi connectivity index (χ1v) is 7.88. The number of nitro groups is 1. The summed E-state index contributed by atoms with van der Waals surface area (Å²) in [5.74, 6) is -1.35. The average molecular weight is 373 g/mol. The van der Waals surface area contributed by atoms with E-state index in [2.05, 4.69) is 5.32 Å². The highest BCUT2D eigenvalue weighted by Gasteiger charge is 2.19. The van der Waals surface area contributed by atoms with Gasteiger partial charge in [0.2, 0.25) is 0 Å². The van der Waals surface area contributed by atoms with Crippen LogP contribution in [0.4, 0.5) is 17.1 Å². The first kappa shape index (κ1) is 19.7. The van der Waals surface area contributed by atoms with Crippen LogP contribution in [-0.2, 0) is 9.53 Å². The van der Waals surface area contributed by atoms with Crippen LogP contribution in [-0.4, -0.2) is 44.6 Å². The van der Waals surface area contributed by atoms with Gasteiger partial charge >= 0.3 is 11.7 Å². The lowest BCUT2D eigenvalue weighted by atomic mass is 10.2. The van der Waals surface area contributed by atoms with E-state index in [9.17, 15) is 19.7 Å². The number of hydrogen-bond acceptors (Lipinski definition) is 7. The molecule has 0 saturated carbocycles. The van der Waals surface area contributed by atoms with E-state index in [1.54, 1.807) is 12.1 Å². The third kappa shape index (κ3) is 5.18. The summed E-state index contributed by atoms with van der Waals surface area (Å²) in [6.45, 7) is -0.520. The molecule has 1 N–H and O–H groups in total. The van der Waals surface area contributed by atoms with Crippen LogP contribution in [0.25, 0.3) is 0 Å². The molecule has 2 aromatic rings. The molecule has 0 radical (unpaired) electrons. The summed E-state index contributed by atoms with van der Waals surface area (Å²) in [5, 5.41) is 13.6. The lowest BCUT2D eigenvalue weighted by Crippen LogP contribution is -2.21. The Kier molecular flexibility index (Phi) is 6.32. The Morgan fingerprint density at radius 3 is 2.37 bits per heavy atom. The second kappa shape index (κ2) is 8.65. The van der Waals surface area contributed by atoms with Gasteiger partial charge in [-0.3, -0.25) is 14.9 Å². The molecule has 0 aromatic heterocycles. The maximum Gasteiger partial charge on any atom is 0.338 e. The minimum absolute atomic E-state index is 0.0236. The van der Waals surface area contributed by atoms with Crippen LogP contribution in [0.2, 0.25) is 0 Å². The zero-order chi connectivity index (χ0) is 20.0. The summed E-state index contributed by atoms with van der Waals surface area (Å²) in [6.07, 6.45) is 0. The normalized spacial score (nSPS) is 10.0. The number of anilines is 2. The second-order valence-corrected chi connectivity index (χ2v) is 5.71. The molecule has 9 heteroatoms. The smallest absolute Gasteiger partial charge is 0.338 e. The molecule has 2 aromatic carbocycles. The van der Waals surface area contributed by atoms with E-state index in [4.69, 9.17) is 9.47 Å². The Bertz CT molecular complexity index is 849. The number of methoxy groups -OCH3 is 1. The van der Waals surface area contributed by atoms with Crippen molar-refractivity contribution in [1.29, 1.82) is 0 Å². The first-order valence-electron chi connectivity index (χ1n) is 7.88. The van der Waals surface area contributed by atoms with Crippen molar-refractivity contribution in [3.05, 3.63) is 58.1 Å². The highest BCUT2D eigenvalue weighted by Crippen LogP contribution is 2.27. The lowest BCUT2D eigenvalue weighted by molar-refractivity contribution is -0.385. The average Bonchev–Trinajstić information content (AvgIpc) is 2.65. The summed E-state index contributed by atoms with van der Waals surface area (Å²) in [7, 11) is 5.09. The van der Waals surface area contributed by atoms with E-state index in [0.717, 1.165) is 11.8 Å². The molecule has 0 heterocycles. The van der Waals surface area contributed by atoms with Gasteiger partial charge in [0.15, 0.2) is 12.4 Å². The summed E-state index contributed by atoms with van der Waals surface area (Å²) in [5.41, 5.74) is 1.12. The van der Waals surface area contributed by atoms with Gasteiger partial charge in [-0.1, -0.05) is 0 Å². The fourth-order valence-corrected chi connectivity index (χ4v) is 2.21. The van der Waals surface area contributed by atoms with Gasteiger partial charge in [0.05, 0.1) is 17.6 Å². The third-order valence-corrected chi connectivity index (χ3v) is 3.61. The number of amides is 1. The van der Waals surface area contributed by atoms with Gasteiger partial charge in [0, 0.05) is 31.5 Å². The number of rotatable bonds is 7. The zero-order valence-corrected chi connectivity index (χ0v) is 15.1. The van der Waals surface area contributed by atoms with E-state index in [-0.39, 0.29) is 17.0 Å². The predicted molar refractivity (Wildman–Crippen MR) is 99.3 cm³/mol. The van der Waals surface area contributed by atoms with E-state index >= 15 is 0 Å². The van der Waals surface area contributed by atoms with Crippen molar-refractivity contribution < 1.29 is 24.0 Å². The number of benzene rings is 2. The molecule has 27 heavy (non-hydrogen) atoms. The number of esters is 1. The fourth-order valence-electron chi connectivity index (χ4n) is 2.21. The quantitative estimate of drug-likeness (QED) is 0.451. The molecule has 0 unspecified atom stereocenters. The van der Waals surface area contributed by atoms with Crippen LogP contribution in [0.1, 0.15) is 10.4 Å². The van der Waals surface area contributed by atoms with Crippen molar-refractivity contribution in [2.24, 2.45) is 0 Å². The van der Waals surface area contributed by atoms with Crippen molar-refractivity contribution in [2.75, 3.05) is 38.0 Å². The topological polar surface area (TPSA) is 111 Å². The van der Waals surface area contributed by atoms with Crippen LogP contribution in [0.5, 0.6) is 5.75 Å². The van der Waals surface area contributed by atoms with Gasteiger partial charge in [-0.15, -0.1) is 0 Å². The number of hydrogen-bond donors (Lipinski definition) is 1. The first-order chi connectivity index (χ1) is 12.8. The maximum atomic E-state index is 12.0. The van der Waals surface area contributed by atoms with Crippen LogP contribution in [0.3, 0.4) is 0 Å². The van der Waals surface area contributed by atoms with E-state index in [1.807, 2.05) is 31.1 Å². The largest absolute Gasteiger partial charge is 0.490 e. The standard InChI is InChI=1S/C18H19N3O6/c1-20(2)14-7-5-13(6-8-14)19-17(22)11-27-18(23)12-4-9-16(26-3)15(10-12)21(24)25/h4-10H,11H2,1-3H3,(H,19,22). The lowest BCUT2D eigenvalue weighted by Gasteiger charge is -2.13. The van der Waals surface area contributed by atoms with Gasteiger partial charge in [-0.25, -0.2) is 4.79 Å². The molecule has 9 nitrogen and oxygen atoms in total. The fraction of sp³-hybridized carbons (Fsp3) is 0.222. The molecule has 142 valence electrons. The molecule has 0 saturated heterocycles. The van der Waals surface area contributed by atoms with Crippen LogP contribution in [0.15, 0.2) is 42.5 Å². The number of nitro benzene ring substituents is 1. The number of nitrogens with one attached hydrogen (secondary N) is 1.